The number of aliphatic imine (C=N–C) groups is 1. The molecule has 0 aliphatic carbocycles. The van der Waals surface area contributed by atoms with Gasteiger partial charge in [0.15, 0.2) is 5.96 Å². The van der Waals surface area contributed by atoms with Gasteiger partial charge in [-0.15, -0.1) is 24.0 Å². The monoisotopic (exact) mass is 564 g/mol. The first-order valence-electron chi connectivity index (χ1n) is 11.5. The highest BCUT2D eigenvalue weighted by Crippen LogP contribution is 2.25. The summed E-state index contributed by atoms with van der Waals surface area (Å²) in [6, 6.07) is 14.5. The molecule has 1 fully saturated rings. The molecule has 1 unspecified atom stereocenters. The molecule has 1 aromatic carbocycles. The summed E-state index contributed by atoms with van der Waals surface area (Å²) in [6.45, 7) is 10.1. The Morgan fingerprint density at radius 1 is 1.21 bits per heavy atom. The van der Waals surface area contributed by atoms with Gasteiger partial charge in [-0.1, -0.05) is 50.2 Å². The molecule has 180 valence electrons. The van der Waals surface area contributed by atoms with E-state index < -0.39 is 0 Å². The predicted molar refractivity (Wildman–Crippen MR) is 146 cm³/mol. The summed E-state index contributed by atoms with van der Waals surface area (Å²) in [4.78, 5) is 23.3. The van der Waals surface area contributed by atoms with Crippen LogP contribution in [0.5, 0.6) is 0 Å². The van der Waals surface area contributed by atoms with Crippen LogP contribution in [0.15, 0.2) is 53.7 Å². The molecule has 1 aliphatic rings. The molecule has 1 saturated heterocycles. The van der Waals surface area contributed by atoms with Crippen molar-refractivity contribution in [3.05, 3.63) is 59.8 Å². The number of primary amides is 1. The first-order chi connectivity index (χ1) is 15.4. The lowest BCUT2D eigenvalue weighted by atomic mass is 9.85. The van der Waals surface area contributed by atoms with Crippen molar-refractivity contribution < 1.29 is 4.79 Å². The first-order valence-corrected chi connectivity index (χ1v) is 11.5. The van der Waals surface area contributed by atoms with E-state index in [1.165, 1.54) is 5.56 Å². The highest BCUT2D eigenvalue weighted by molar-refractivity contribution is 14.0. The smallest absolute Gasteiger partial charge is 0.222 e. The summed E-state index contributed by atoms with van der Waals surface area (Å²) in [6.07, 6.45) is 3.58. The number of nitrogens with two attached hydrogens (primary N) is 1. The largest absolute Gasteiger partial charge is 0.369 e. The van der Waals surface area contributed by atoms with E-state index in [0.29, 0.717) is 13.1 Å². The van der Waals surface area contributed by atoms with Crippen LogP contribution in [0.1, 0.15) is 44.7 Å². The maximum atomic E-state index is 11.7. The Balaban J connectivity index is 0.00000385. The van der Waals surface area contributed by atoms with Crippen LogP contribution in [-0.2, 0) is 16.8 Å². The molecule has 1 amide bonds. The fraction of sp³-hybridized carbons (Fsp3) is 0.480. The summed E-state index contributed by atoms with van der Waals surface area (Å²) in [5.41, 5.74) is 7.85. The number of rotatable bonds is 8. The average Bonchev–Trinajstić information content (AvgIpc) is 2.81. The second kappa shape index (κ2) is 12.8. The number of hydrogen-bond donors (Lipinski definition) is 3. The van der Waals surface area contributed by atoms with Gasteiger partial charge in [0.05, 0.1) is 12.5 Å². The van der Waals surface area contributed by atoms with Crippen molar-refractivity contribution in [1.29, 1.82) is 0 Å². The fourth-order valence-corrected chi connectivity index (χ4v) is 4.04. The number of halogens is 1. The van der Waals surface area contributed by atoms with Crippen LogP contribution < -0.4 is 21.3 Å². The van der Waals surface area contributed by atoms with Gasteiger partial charge < -0.3 is 21.3 Å². The third kappa shape index (κ3) is 7.58. The summed E-state index contributed by atoms with van der Waals surface area (Å²) < 4.78 is 0. The molecule has 0 radical (unpaired) electrons. The number of nitrogens with zero attached hydrogens (tertiary/aromatic N) is 3. The van der Waals surface area contributed by atoms with Crippen LogP contribution in [0.2, 0.25) is 0 Å². The second-order valence-electron chi connectivity index (χ2n) is 8.97. The molecule has 2 aromatic rings. The Labute approximate surface area is 214 Å². The van der Waals surface area contributed by atoms with Crippen molar-refractivity contribution in [3.63, 3.8) is 0 Å². The third-order valence-corrected chi connectivity index (χ3v) is 6.00. The molecule has 2 heterocycles. The Morgan fingerprint density at radius 3 is 2.67 bits per heavy atom. The first kappa shape index (κ1) is 26.9. The average molecular weight is 565 g/mol. The number of piperidine rings is 1. The number of guanidine groups is 1. The van der Waals surface area contributed by atoms with Crippen LogP contribution in [0.4, 0.5) is 5.82 Å². The summed E-state index contributed by atoms with van der Waals surface area (Å²) >= 11 is 0. The van der Waals surface area contributed by atoms with Crippen LogP contribution in [0.3, 0.4) is 0 Å². The molecule has 33 heavy (non-hydrogen) atoms. The number of hydrogen-bond acceptors (Lipinski definition) is 4. The quantitative estimate of drug-likeness (QED) is 0.260. The molecule has 8 heteroatoms. The maximum Gasteiger partial charge on any atom is 0.222 e. The van der Waals surface area contributed by atoms with Gasteiger partial charge in [-0.25, -0.2) is 9.98 Å². The summed E-state index contributed by atoms with van der Waals surface area (Å²) in [5.74, 6) is 1.31. The van der Waals surface area contributed by atoms with E-state index in [1.54, 1.807) is 6.20 Å². The zero-order chi connectivity index (χ0) is 23.0. The van der Waals surface area contributed by atoms with Gasteiger partial charge in [0.25, 0.3) is 0 Å². The van der Waals surface area contributed by atoms with Crippen molar-refractivity contribution in [3.8, 4) is 0 Å². The molecule has 1 atom stereocenters. The molecule has 1 aliphatic heterocycles. The number of amides is 1. The van der Waals surface area contributed by atoms with E-state index in [0.717, 1.165) is 49.8 Å². The molecule has 0 bridgehead atoms. The highest BCUT2D eigenvalue weighted by atomic mass is 127. The standard InChI is InChI=1S/C25H36N6O.HI/c1-4-27-24(30-18-25(2,3)21-12-6-5-7-13-21)29-16-19-10-8-14-28-23(19)31-15-9-11-20(17-31)22(26)32;/h5-8,10,12-14,20H,4,9,11,15-18H2,1-3H3,(H2,26,32)(H2,27,29,30);1H. The number of carbonyl (C=O) groups excluding carboxylic acids is 1. The van der Waals surface area contributed by atoms with E-state index in [9.17, 15) is 4.79 Å². The lowest BCUT2D eigenvalue weighted by Crippen LogP contribution is -2.43. The number of aromatic nitrogens is 1. The summed E-state index contributed by atoms with van der Waals surface area (Å²) in [7, 11) is 0. The molecule has 0 spiro atoms. The van der Waals surface area contributed by atoms with E-state index in [1.807, 2.05) is 12.1 Å². The van der Waals surface area contributed by atoms with Gasteiger partial charge in [0.2, 0.25) is 5.91 Å². The lowest BCUT2D eigenvalue weighted by Gasteiger charge is -2.33. The van der Waals surface area contributed by atoms with E-state index in [-0.39, 0.29) is 41.2 Å². The Hall–Kier alpha value is -2.36. The fourth-order valence-electron chi connectivity index (χ4n) is 4.04. The minimum atomic E-state index is -0.232. The zero-order valence-electron chi connectivity index (χ0n) is 19.9. The van der Waals surface area contributed by atoms with Crippen molar-refractivity contribution in [2.24, 2.45) is 16.6 Å². The van der Waals surface area contributed by atoms with Crippen LogP contribution >= 0.6 is 24.0 Å². The van der Waals surface area contributed by atoms with E-state index in [4.69, 9.17) is 10.7 Å². The Kier molecular flexibility index (Phi) is 10.4. The highest BCUT2D eigenvalue weighted by Gasteiger charge is 2.26. The number of pyridine rings is 1. The van der Waals surface area contributed by atoms with Gasteiger partial charge in [-0.3, -0.25) is 4.79 Å². The molecule has 4 N–H and O–H groups in total. The minimum absolute atomic E-state index is 0. The maximum absolute atomic E-state index is 11.7. The van der Waals surface area contributed by atoms with E-state index in [2.05, 4.69) is 71.6 Å². The number of nitrogens with one attached hydrogen (secondary N) is 2. The number of benzene rings is 1. The van der Waals surface area contributed by atoms with Crippen LogP contribution in [0, 0.1) is 5.92 Å². The second-order valence-corrected chi connectivity index (χ2v) is 8.97. The van der Waals surface area contributed by atoms with Gasteiger partial charge in [-0.05, 0) is 31.4 Å². The van der Waals surface area contributed by atoms with Crippen molar-refractivity contribution in [1.82, 2.24) is 15.6 Å². The topological polar surface area (TPSA) is 95.6 Å². The molecule has 0 saturated carbocycles. The third-order valence-electron chi connectivity index (χ3n) is 6.00. The van der Waals surface area contributed by atoms with Crippen LogP contribution in [-0.4, -0.2) is 43.0 Å². The van der Waals surface area contributed by atoms with Gasteiger partial charge >= 0.3 is 0 Å². The Bertz CT molecular complexity index is 918. The molecule has 1 aromatic heterocycles. The number of anilines is 1. The predicted octanol–water partition coefficient (Wildman–Crippen LogP) is 3.43. The summed E-state index contributed by atoms with van der Waals surface area (Å²) in [5, 5.41) is 6.84. The van der Waals surface area contributed by atoms with Gasteiger partial charge in [0.1, 0.15) is 5.82 Å². The number of carbonyl (C=O) groups is 1. The zero-order valence-corrected chi connectivity index (χ0v) is 22.2. The molecular weight excluding hydrogens is 527 g/mol. The lowest BCUT2D eigenvalue weighted by molar-refractivity contribution is -0.122. The normalized spacial score (nSPS) is 16.6. The van der Waals surface area contributed by atoms with E-state index >= 15 is 0 Å². The van der Waals surface area contributed by atoms with Gasteiger partial charge in [-0.2, -0.15) is 0 Å². The Morgan fingerprint density at radius 2 is 1.97 bits per heavy atom. The van der Waals surface area contributed by atoms with Crippen LogP contribution in [0.25, 0.3) is 0 Å². The van der Waals surface area contributed by atoms with Crippen molar-refractivity contribution >= 4 is 41.7 Å². The minimum Gasteiger partial charge on any atom is -0.369 e. The molecular formula is C25H37IN6O. The van der Waals surface area contributed by atoms with Crippen molar-refractivity contribution in [2.45, 2.75) is 45.6 Å². The molecule has 3 rings (SSSR count). The SMILES string of the molecule is CCNC(=NCc1cccnc1N1CCCC(C(N)=O)C1)NCC(C)(C)c1ccccc1.I. The van der Waals surface area contributed by atoms with Crippen molar-refractivity contribution in [2.75, 3.05) is 31.1 Å². The molecule has 7 nitrogen and oxygen atoms in total. The van der Waals surface area contributed by atoms with Gasteiger partial charge in [0, 0.05) is 43.4 Å².